The highest BCUT2D eigenvalue weighted by Gasteiger charge is 2.34. The molecular formula is C33H41N5O3. The fraction of sp³-hybridized carbons (Fsp3) is 0.515. The zero-order valence-electron chi connectivity index (χ0n) is 24.1. The molecular weight excluding hydrogens is 514 g/mol. The van der Waals surface area contributed by atoms with Crippen LogP contribution in [0.5, 0.6) is 5.75 Å². The van der Waals surface area contributed by atoms with Crippen molar-refractivity contribution in [3.05, 3.63) is 65.2 Å². The highest BCUT2D eigenvalue weighted by atomic mass is 16.5. The number of pyridine rings is 1. The maximum absolute atomic E-state index is 13.0. The lowest BCUT2D eigenvalue weighted by Crippen LogP contribution is -2.46. The number of anilines is 1. The second-order valence-electron chi connectivity index (χ2n) is 12.2. The third-order valence-corrected chi connectivity index (χ3v) is 9.33. The molecule has 216 valence electrons. The Kier molecular flexibility index (Phi) is 7.54. The number of likely N-dealkylation sites (tertiary alicyclic amines) is 1. The van der Waals surface area contributed by atoms with Crippen molar-refractivity contribution < 1.29 is 14.3 Å². The molecule has 0 spiro atoms. The molecule has 3 fully saturated rings. The molecule has 7 rings (SSSR count). The van der Waals surface area contributed by atoms with Crippen molar-refractivity contribution in [2.45, 2.75) is 63.4 Å². The van der Waals surface area contributed by atoms with Gasteiger partial charge >= 0.3 is 0 Å². The number of ether oxygens (including phenoxy) is 2. The summed E-state index contributed by atoms with van der Waals surface area (Å²) in [5.41, 5.74) is 4.28. The Hall–Kier alpha value is -3.20. The monoisotopic (exact) mass is 555 g/mol. The van der Waals surface area contributed by atoms with E-state index in [1.54, 1.807) is 7.11 Å². The quantitative estimate of drug-likeness (QED) is 0.468. The van der Waals surface area contributed by atoms with Crippen LogP contribution in [0.25, 0.3) is 10.9 Å². The average Bonchev–Trinajstić information content (AvgIpc) is 3.60. The van der Waals surface area contributed by atoms with Gasteiger partial charge in [0.1, 0.15) is 17.7 Å². The Morgan fingerprint density at radius 2 is 1.93 bits per heavy atom. The van der Waals surface area contributed by atoms with Gasteiger partial charge in [-0.2, -0.15) is 0 Å². The number of hydrogen-bond donors (Lipinski definition) is 1. The third-order valence-electron chi connectivity index (χ3n) is 9.33. The molecule has 3 atom stereocenters. The molecule has 1 aromatic heterocycles. The maximum atomic E-state index is 13.0. The maximum Gasteiger partial charge on any atom is 0.254 e. The number of carbonyl (C=O) groups excluding carboxylic acids is 1. The summed E-state index contributed by atoms with van der Waals surface area (Å²) in [6.45, 7) is 7.41. The number of nitrogens with one attached hydrogen (secondary N) is 1. The second kappa shape index (κ2) is 11.6. The summed E-state index contributed by atoms with van der Waals surface area (Å²) >= 11 is 0. The van der Waals surface area contributed by atoms with Crippen LogP contribution >= 0.6 is 0 Å². The predicted octanol–water partition coefficient (Wildman–Crippen LogP) is 4.21. The fourth-order valence-corrected chi connectivity index (χ4v) is 7.05. The lowest BCUT2D eigenvalue weighted by molar-refractivity contribution is 0.0674. The van der Waals surface area contributed by atoms with Crippen LogP contribution in [0.4, 0.5) is 5.82 Å². The van der Waals surface area contributed by atoms with Crippen LogP contribution in [0.15, 0.2) is 48.5 Å². The SMILES string of the molecule is CO[C@@H]1CCCN(c2ccc3cc(CN4CC[C@H](Oc5ccc6c(c5)CN(C5CCCNC5)C6=O)C4)ccc3n2)C1. The van der Waals surface area contributed by atoms with Gasteiger partial charge in [-0.25, -0.2) is 4.98 Å². The van der Waals surface area contributed by atoms with Gasteiger partial charge in [0.2, 0.25) is 0 Å². The lowest BCUT2D eigenvalue weighted by atomic mass is 10.1. The molecule has 4 aliphatic heterocycles. The smallest absolute Gasteiger partial charge is 0.254 e. The molecule has 0 saturated carbocycles. The number of amides is 1. The Morgan fingerprint density at radius 3 is 2.80 bits per heavy atom. The van der Waals surface area contributed by atoms with Crippen LogP contribution in [-0.4, -0.2) is 85.3 Å². The van der Waals surface area contributed by atoms with E-state index in [9.17, 15) is 4.79 Å². The van der Waals surface area contributed by atoms with E-state index in [1.807, 2.05) is 17.0 Å². The van der Waals surface area contributed by atoms with Crippen LogP contribution < -0.4 is 15.0 Å². The van der Waals surface area contributed by atoms with Gasteiger partial charge < -0.3 is 24.6 Å². The Balaban J connectivity index is 0.952. The van der Waals surface area contributed by atoms with Crippen LogP contribution in [-0.2, 0) is 17.8 Å². The first-order valence-electron chi connectivity index (χ1n) is 15.3. The molecule has 0 aliphatic carbocycles. The van der Waals surface area contributed by atoms with E-state index in [2.05, 4.69) is 51.5 Å². The summed E-state index contributed by atoms with van der Waals surface area (Å²) in [6.07, 6.45) is 5.93. The first-order chi connectivity index (χ1) is 20.1. The number of benzene rings is 2. The number of fused-ring (bicyclic) bond motifs is 2. The highest BCUT2D eigenvalue weighted by molar-refractivity contribution is 5.98. The molecule has 8 heteroatoms. The summed E-state index contributed by atoms with van der Waals surface area (Å²) in [4.78, 5) is 24.8. The number of hydrogen-bond acceptors (Lipinski definition) is 7. The van der Waals surface area contributed by atoms with Gasteiger partial charge in [0, 0.05) is 69.9 Å². The number of carbonyl (C=O) groups is 1. The first-order valence-corrected chi connectivity index (χ1v) is 15.3. The van der Waals surface area contributed by atoms with E-state index in [0.717, 1.165) is 106 Å². The molecule has 3 saturated heterocycles. The zero-order chi connectivity index (χ0) is 27.8. The summed E-state index contributed by atoms with van der Waals surface area (Å²) < 4.78 is 12.0. The number of piperidine rings is 2. The molecule has 1 unspecified atom stereocenters. The molecule has 8 nitrogen and oxygen atoms in total. The first kappa shape index (κ1) is 26.7. The van der Waals surface area contributed by atoms with Crippen LogP contribution in [0, 0.1) is 0 Å². The van der Waals surface area contributed by atoms with Gasteiger partial charge in [0.25, 0.3) is 5.91 Å². The van der Waals surface area contributed by atoms with Gasteiger partial charge in [0.15, 0.2) is 0 Å². The molecule has 4 aliphatic rings. The largest absolute Gasteiger partial charge is 0.489 e. The minimum absolute atomic E-state index is 0.161. The lowest BCUT2D eigenvalue weighted by Gasteiger charge is -2.32. The summed E-state index contributed by atoms with van der Waals surface area (Å²) in [6, 6.07) is 17.3. The summed E-state index contributed by atoms with van der Waals surface area (Å²) in [5.74, 6) is 2.09. The van der Waals surface area contributed by atoms with E-state index in [-0.39, 0.29) is 18.1 Å². The Morgan fingerprint density at radius 1 is 0.976 bits per heavy atom. The molecule has 1 N–H and O–H groups in total. The van der Waals surface area contributed by atoms with Crippen molar-refractivity contribution >= 4 is 22.6 Å². The molecule has 5 heterocycles. The fourth-order valence-electron chi connectivity index (χ4n) is 7.05. The minimum Gasteiger partial charge on any atom is -0.489 e. The Labute approximate surface area is 242 Å². The summed E-state index contributed by atoms with van der Waals surface area (Å²) in [7, 11) is 1.80. The normalized spacial score (nSPS) is 25.2. The van der Waals surface area contributed by atoms with E-state index >= 15 is 0 Å². The van der Waals surface area contributed by atoms with E-state index in [1.165, 1.54) is 10.9 Å². The van der Waals surface area contributed by atoms with Crippen molar-refractivity contribution in [3.8, 4) is 5.75 Å². The zero-order valence-corrected chi connectivity index (χ0v) is 24.1. The molecule has 2 aromatic carbocycles. The van der Waals surface area contributed by atoms with Crippen molar-refractivity contribution in [2.24, 2.45) is 0 Å². The topological polar surface area (TPSA) is 70.2 Å². The van der Waals surface area contributed by atoms with Crippen molar-refractivity contribution in [1.82, 2.24) is 20.1 Å². The van der Waals surface area contributed by atoms with Gasteiger partial charge in [-0.1, -0.05) is 6.07 Å². The second-order valence-corrected chi connectivity index (χ2v) is 12.2. The highest BCUT2D eigenvalue weighted by Crippen LogP contribution is 2.31. The van der Waals surface area contributed by atoms with E-state index < -0.39 is 0 Å². The van der Waals surface area contributed by atoms with Crippen LogP contribution in [0.2, 0.25) is 0 Å². The van der Waals surface area contributed by atoms with Gasteiger partial charge in [0.05, 0.1) is 11.6 Å². The van der Waals surface area contributed by atoms with Crippen molar-refractivity contribution in [3.63, 3.8) is 0 Å². The van der Waals surface area contributed by atoms with Gasteiger partial charge in [-0.05, 0) is 92.2 Å². The molecule has 1 amide bonds. The molecule has 0 radical (unpaired) electrons. The molecule has 3 aromatic rings. The van der Waals surface area contributed by atoms with Crippen LogP contribution in [0.1, 0.15) is 53.6 Å². The number of methoxy groups -OCH3 is 1. The van der Waals surface area contributed by atoms with Crippen molar-refractivity contribution in [1.29, 1.82) is 0 Å². The molecule has 41 heavy (non-hydrogen) atoms. The molecule has 0 bridgehead atoms. The minimum atomic E-state index is 0.161. The van der Waals surface area contributed by atoms with E-state index in [4.69, 9.17) is 14.5 Å². The van der Waals surface area contributed by atoms with E-state index in [0.29, 0.717) is 12.6 Å². The van der Waals surface area contributed by atoms with Crippen molar-refractivity contribution in [2.75, 3.05) is 51.3 Å². The third kappa shape index (κ3) is 5.65. The summed E-state index contributed by atoms with van der Waals surface area (Å²) in [5, 5.41) is 4.62. The number of nitrogens with zero attached hydrogens (tertiary/aromatic N) is 4. The number of aromatic nitrogens is 1. The van der Waals surface area contributed by atoms with Gasteiger partial charge in [-0.3, -0.25) is 9.69 Å². The van der Waals surface area contributed by atoms with Gasteiger partial charge in [-0.15, -0.1) is 0 Å². The van der Waals surface area contributed by atoms with Crippen LogP contribution in [0.3, 0.4) is 0 Å². The Bertz CT molecular complexity index is 1410. The standard InChI is InChI=1S/C33H41N5O3/c1-40-28-5-3-14-37(22-28)32-11-7-24-16-23(6-10-31(24)35-32)19-36-15-12-29(21-36)41-27-8-9-30-25(17-27)20-38(33(30)39)26-4-2-13-34-18-26/h6-11,16-17,26,28-29,34H,2-5,12-15,18-22H2,1H3/t26?,28-,29+/m1/s1. The average molecular weight is 556 g/mol. The number of rotatable bonds is 7. The predicted molar refractivity (Wildman–Crippen MR) is 161 cm³/mol.